The molecule has 0 heterocycles. The average molecular weight is 607 g/mol. The van der Waals surface area contributed by atoms with Crippen molar-refractivity contribution >= 4 is 5.57 Å². The topological polar surface area (TPSA) is 40.5 Å². The number of aromatic hydroxyl groups is 1. The van der Waals surface area contributed by atoms with Gasteiger partial charge in [-0.2, -0.15) is 0 Å². The Morgan fingerprint density at radius 3 is 2.02 bits per heavy atom. The zero-order valence-electron chi connectivity index (χ0n) is 30.6. The van der Waals surface area contributed by atoms with Gasteiger partial charge in [-0.25, -0.2) is 0 Å². The summed E-state index contributed by atoms with van der Waals surface area (Å²) in [6.07, 6.45) is 7.73. The fourth-order valence-corrected chi connectivity index (χ4v) is 10.1. The lowest BCUT2D eigenvalue weighted by atomic mass is 9.32. The Labute approximate surface area is 273 Å². The van der Waals surface area contributed by atoms with Crippen LogP contribution in [0.2, 0.25) is 0 Å². The molecule has 1 fully saturated rings. The van der Waals surface area contributed by atoms with Gasteiger partial charge in [0.2, 0.25) is 0 Å². The molecule has 0 spiro atoms. The van der Waals surface area contributed by atoms with Crippen LogP contribution in [-0.2, 0) is 17.3 Å². The fourth-order valence-electron chi connectivity index (χ4n) is 10.1. The molecule has 4 aliphatic carbocycles. The van der Waals surface area contributed by atoms with E-state index in [1.54, 1.807) is 0 Å². The first-order valence-electron chi connectivity index (χ1n) is 17.3. The van der Waals surface area contributed by atoms with E-state index in [0.29, 0.717) is 11.7 Å². The summed E-state index contributed by atoms with van der Waals surface area (Å²) in [4.78, 5) is 0. The highest BCUT2D eigenvalue weighted by atomic mass is 16.3. The minimum Gasteiger partial charge on any atom is -0.507 e. The van der Waals surface area contributed by atoms with Gasteiger partial charge in [0.05, 0.1) is 5.60 Å². The van der Waals surface area contributed by atoms with Crippen LogP contribution in [0.4, 0.5) is 0 Å². The molecular formula is C43H58O2. The second-order valence-corrected chi connectivity index (χ2v) is 18.8. The van der Waals surface area contributed by atoms with Crippen molar-refractivity contribution in [1.82, 2.24) is 0 Å². The van der Waals surface area contributed by atoms with Crippen molar-refractivity contribution in [3.8, 4) is 16.9 Å². The van der Waals surface area contributed by atoms with E-state index in [1.807, 2.05) is 6.07 Å². The Bertz CT molecular complexity index is 1700. The molecule has 2 aromatic rings. The van der Waals surface area contributed by atoms with Gasteiger partial charge in [0, 0.05) is 16.4 Å². The number of benzene rings is 2. The number of fused-ring (bicyclic) bond motifs is 6. The maximum absolute atomic E-state index is 13.0. The van der Waals surface area contributed by atoms with Crippen molar-refractivity contribution < 1.29 is 10.2 Å². The van der Waals surface area contributed by atoms with E-state index in [9.17, 15) is 10.2 Å². The molecule has 3 atom stereocenters. The van der Waals surface area contributed by atoms with Crippen LogP contribution in [0.5, 0.6) is 5.75 Å². The van der Waals surface area contributed by atoms with Gasteiger partial charge < -0.3 is 10.2 Å². The maximum atomic E-state index is 13.0. The number of phenols is 1. The lowest BCUT2D eigenvalue weighted by Gasteiger charge is -2.73. The molecule has 3 unspecified atom stereocenters. The van der Waals surface area contributed by atoms with Crippen molar-refractivity contribution in [1.29, 1.82) is 0 Å². The number of hydrogen-bond donors (Lipinski definition) is 2. The molecule has 0 amide bonds. The summed E-state index contributed by atoms with van der Waals surface area (Å²) in [5.74, 6) is 0.656. The smallest absolute Gasteiger partial charge is 0.124 e. The second-order valence-electron chi connectivity index (χ2n) is 18.8. The first kappa shape index (κ1) is 32.4. The Morgan fingerprint density at radius 1 is 0.778 bits per heavy atom. The molecule has 4 aliphatic rings. The molecule has 0 aliphatic heterocycles. The fraction of sp³-hybridized carbons (Fsp3) is 0.581. The molecule has 45 heavy (non-hydrogen) atoms. The van der Waals surface area contributed by atoms with Crippen molar-refractivity contribution in [2.45, 2.75) is 133 Å². The average Bonchev–Trinajstić information content (AvgIpc) is 3.30. The Balaban J connectivity index is 1.74. The summed E-state index contributed by atoms with van der Waals surface area (Å²) >= 11 is 0. The van der Waals surface area contributed by atoms with E-state index in [4.69, 9.17) is 0 Å². The van der Waals surface area contributed by atoms with E-state index in [1.165, 1.54) is 39.0 Å². The molecule has 0 radical (unpaired) electrons. The third-order valence-electron chi connectivity index (χ3n) is 14.4. The highest BCUT2D eigenvalue weighted by molar-refractivity contribution is 5.99. The molecule has 242 valence electrons. The van der Waals surface area contributed by atoms with Crippen LogP contribution in [0.25, 0.3) is 16.7 Å². The Hall–Kier alpha value is -2.58. The van der Waals surface area contributed by atoms with Gasteiger partial charge in [-0.15, -0.1) is 0 Å². The van der Waals surface area contributed by atoms with Gasteiger partial charge in [0.1, 0.15) is 5.75 Å². The molecule has 1 saturated carbocycles. The molecule has 0 aromatic heterocycles. The van der Waals surface area contributed by atoms with E-state index in [0.717, 1.165) is 36.0 Å². The molecule has 2 nitrogen and oxygen atoms in total. The normalized spacial score (nSPS) is 29.7. The predicted molar refractivity (Wildman–Crippen MR) is 191 cm³/mol. The number of phenolic OH excluding ortho intramolecular Hbond substituents is 1. The quantitative estimate of drug-likeness (QED) is 0.339. The third-order valence-corrected chi connectivity index (χ3v) is 14.4. The van der Waals surface area contributed by atoms with E-state index in [2.05, 4.69) is 133 Å². The summed E-state index contributed by atoms with van der Waals surface area (Å²) in [5, 5.41) is 24.9. The van der Waals surface area contributed by atoms with Gasteiger partial charge in [0.25, 0.3) is 0 Å². The summed E-state index contributed by atoms with van der Waals surface area (Å²) in [6, 6.07) is 11.0. The summed E-state index contributed by atoms with van der Waals surface area (Å²) < 4.78 is 0. The van der Waals surface area contributed by atoms with Crippen LogP contribution in [0.15, 0.2) is 59.2 Å². The van der Waals surface area contributed by atoms with Crippen molar-refractivity contribution in [2.75, 3.05) is 0 Å². The van der Waals surface area contributed by atoms with Crippen molar-refractivity contribution in [3.05, 3.63) is 81.5 Å². The second kappa shape index (κ2) is 9.27. The molecule has 6 rings (SSSR count). The predicted octanol–water partition coefficient (Wildman–Crippen LogP) is 11.1. The summed E-state index contributed by atoms with van der Waals surface area (Å²) in [7, 11) is 0. The zero-order valence-corrected chi connectivity index (χ0v) is 30.6. The molecule has 0 bridgehead atoms. The molecule has 2 aromatic carbocycles. The zero-order chi connectivity index (χ0) is 33.5. The van der Waals surface area contributed by atoms with Gasteiger partial charge in [0.15, 0.2) is 0 Å². The Morgan fingerprint density at radius 2 is 1.42 bits per heavy atom. The number of aliphatic hydroxyl groups is 1. The van der Waals surface area contributed by atoms with Crippen LogP contribution in [0, 0.1) is 27.6 Å². The highest BCUT2D eigenvalue weighted by Gasteiger charge is 2.72. The van der Waals surface area contributed by atoms with Crippen LogP contribution in [-0.4, -0.2) is 15.8 Å². The van der Waals surface area contributed by atoms with Gasteiger partial charge in [-0.1, -0.05) is 126 Å². The standard InChI is InChI=1S/C43H58O2/c1-37(2,3)26-23-31(38(4,5)6)35(32(44)24-26)28-20-17-18-25-22-29-34(33(25)28)27-19-15-16-21-30(27)42(13)36(29)43(14,45)41(11,12)39(7,8)40(42,9)10/h15,17-20,23-24,30,44-45H,16,21-22H2,1-14H3. The van der Waals surface area contributed by atoms with Crippen LogP contribution < -0.4 is 0 Å². The van der Waals surface area contributed by atoms with Crippen LogP contribution >= 0.6 is 0 Å². The molecular weight excluding hydrogens is 548 g/mol. The lowest BCUT2D eigenvalue weighted by molar-refractivity contribution is -0.221. The number of allylic oxidation sites excluding steroid dienone is 5. The highest BCUT2D eigenvalue weighted by Crippen LogP contribution is 2.77. The largest absolute Gasteiger partial charge is 0.507 e. The van der Waals surface area contributed by atoms with Crippen LogP contribution in [0.1, 0.15) is 132 Å². The minimum absolute atomic E-state index is 0.0786. The summed E-state index contributed by atoms with van der Waals surface area (Å²) in [5.41, 5.74) is 10.2. The minimum atomic E-state index is -0.997. The third kappa shape index (κ3) is 3.90. The van der Waals surface area contributed by atoms with Gasteiger partial charge in [-0.3, -0.25) is 0 Å². The van der Waals surface area contributed by atoms with E-state index >= 15 is 0 Å². The van der Waals surface area contributed by atoms with Gasteiger partial charge in [-0.05, 0) is 110 Å². The monoisotopic (exact) mass is 606 g/mol. The SMILES string of the molecule is CC(C)(C)c1cc(O)c(-c2cccc3c2C2=C4C=CCCC4C4(C)C(=C2C3)C(C)(O)C(C)(C)C(C)(C)C4(C)C)c(C(C)(C)C)c1. The van der Waals surface area contributed by atoms with Crippen LogP contribution in [0.3, 0.4) is 0 Å². The van der Waals surface area contributed by atoms with Gasteiger partial charge >= 0.3 is 0 Å². The number of rotatable bonds is 1. The molecule has 0 saturated heterocycles. The van der Waals surface area contributed by atoms with E-state index in [-0.39, 0.29) is 32.5 Å². The molecule has 2 N–H and O–H groups in total. The maximum Gasteiger partial charge on any atom is 0.124 e. The Kier molecular flexibility index (Phi) is 6.67. The van der Waals surface area contributed by atoms with Crippen molar-refractivity contribution in [3.63, 3.8) is 0 Å². The first-order valence-corrected chi connectivity index (χ1v) is 17.3. The lowest BCUT2D eigenvalue weighted by Crippen LogP contribution is -2.70. The van der Waals surface area contributed by atoms with Crippen molar-refractivity contribution in [2.24, 2.45) is 27.6 Å². The van der Waals surface area contributed by atoms with E-state index < -0.39 is 5.60 Å². The number of hydrogen-bond acceptors (Lipinski definition) is 2. The first-order chi connectivity index (χ1) is 20.4. The molecule has 2 heteroatoms. The summed E-state index contributed by atoms with van der Waals surface area (Å²) in [6.45, 7) is 32.3.